The van der Waals surface area contributed by atoms with Crippen LogP contribution in [0, 0.1) is 5.92 Å². The van der Waals surface area contributed by atoms with Crippen molar-refractivity contribution >= 4 is 5.91 Å². The first-order valence-corrected chi connectivity index (χ1v) is 6.83. The van der Waals surface area contributed by atoms with Crippen LogP contribution in [0.4, 0.5) is 0 Å². The molecule has 1 fully saturated rings. The molecule has 0 unspecified atom stereocenters. The molecule has 1 aliphatic rings. The van der Waals surface area contributed by atoms with Gasteiger partial charge in [0.2, 0.25) is 5.91 Å². The first-order chi connectivity index (χ1) is 9.25. The fourth-order valence-electron chi connectivity index (χ4n) is 2.30. The maximum Gasteiger partial charge on any atom is 0.219 e. The zero-order chi connectivity index (χ0) is 13.5. The maximum atomic E-state index is 11.4. The molecule has 1 aromatic rings. The van der Waals surface area contributed by atoms with Gasteiger partial charge in [0, 0.05) is 39.0 Å². The Morgan fingerprint density at radius 3 is 2.95 bits per heavy atom. The van der Waals surface area contributed by atoms with E-state index in [-0.39, 0.29) is 5.91 Å². The van der Waals surface area contributed by atoms with E-state index in [0.717, 1.165) is 26.2 Å². The number of hydrogen-bond donors (Lipinski definition) is 1. The van der Waals surface area contributed by atoms with E-state index in [2.05, 4.69) is 17.4 Å². The number of nitrogens with one attached hydrogen (secondary N) is 1. The van der Waals surface area contributed by atoms with Crippen molar-refractivity contribution in [2.24, 2.45) is 5.92 Å². The van der Waals surface area contributed by atoms with E-state index in [1.807, 2.05) is 23.1 Å². The summed E-state index contributed by atoms with van der Waals surface area (Å²) >= 11 is 0. The van der Waals surface area contributed by atoms with Gasteiger partial charge < -0.3 is 15.0 Å². The van der Waals surface area contributed by atoms with Crippen molar-refractivity contribution in [2.75, 3.05) is 32.8 Å². The lowest BCUT2D eigenvalue weighted by molar-refractivity contribution is -0.129. The zero-order valence-electron chi connectivity index (χ0n) is 11.5. The smallest absolute Gasteiger partial charge is 0.219 e. The van der Waals surface area contributed by atoms with Gasteiger partial charge in [-0.2, -0.15) is 0 Å². The minimum absolute atomic E-state index is 0.150. The van der Waals surface area contributed by atoms with Crippen LogP contribution < -0.4 is 5.32 Å². The monoisotopic (exact) mass is 262 g/mol. The van der Waals surface area contributed by atoms with E-state index < -0.39 is 0 Å². The lowest BCUT2D eigenvalue weighted by atomic mass is 10.1. The average Bonchev–Trinajstić information content (AvgIpc) is 2.66. The number of carbonyl (C=O) groups excluding carboxylic acids is 1. The van der Waals surface area contributed by atoms with Crippen LogP contribution >= 0.6 is 0 Å². The molecule has 2 rings (SSSR count). The van der Waals surface area contributed by atoms with Gasteiger partial charge in [0.1, 0.15) is 0 Å². The highest BCUT2D eigenvalue weighted by molar-refractivity contribution is 5.73. The molecule has 0 saturated carbocycles. The molecular weight excluding hydrogens is 240 g/mol. The number of rotatable bonds is 4. The second-order valence-electron chi connectivity index (χ2n) is 5.04. The molecular formula is C15H22N2O2. The Kier molecular flexibility index (Phi) is 5.36. The summed E-state index contributed by atoms with van der Waals surface area (Å²) in [7, 11) is 0. The number of amides is 1. The van der Waals surface area contributed by atoms with Gasteiger partial charge in [-0.05, 0) is 5.56 Å². The number of benzene rings is 1. The Hall–Kier alpha value is -1.39. The molecule has 1 N–H and O–H groups in total. The maximum absolute atomic E-state index is 11.4. The highest BCUT2D eigenvalue weighted by Gasteiger charge is 2.19. The van der Waals surface area contributed by atoms with Crippen LogP contribution in [-0.2, 0) is 16.1 Å². The molecule has 0 aliphatic carbocycles. The minimum Gasteiger partial charge on any atom is -0.376 e. The molecule has 1 heterocycles. The molecule has 19 heavy (non-hydrogen) atoms. The molecule has 0 spiro atoms. The van der Waals surface area contributed by atoms with Gasteiger partial charge in [-0.3, -0.25) is 4.79 Å². The number of carbonyl (C=O) groups is 1. The summed E-state index contributed by atoms with van der Waals surface area (Å²) in [6, 6.07) is 10.2. The van der Waals surface area contributed by atoms with Gasteiger partial charge in [0.05, 0.1) is 13.2 Å². The lowest BCUT2D eigenvalue weighted by Gasteiger charge is -2.22. The molecule has 104 valence electrons. The predicted octanol–water partition coefficient (Wildman–Crippen LogP) is 1.27. The van der Waals surface area contributed by atoms with Crippen molar-refractivity contribution < 1.29 is 9.53 Å². The van der Waals surface area contributed by atoms with Crippen LogP contribution in [-0.4, -0.2) is 43.6 Å². The Balaban J connectivity index is 1.76. The molecule has 1 atom stereocenters. The van der Waals surface area contributed by atoms with E-state index in [4.69, 9.17) is 4.74 Å². The van der Waals surface area contributed by atoms with E-state index in [1.54, 1.807) is 6.92 Å². The fourth-order valence-corrected chi connectivity index (χ4v) is 2.30. The average molecular weight is 262 g/mol. The Bertz CT molecular complexity index is 394. The standard InChI is InChI=1S/C15H22N2O2/c1-13(18)17-8-7-16-9-15(10-17)12-19-11-14-5-3-2-4-6-14/h2-6,15-16H,7-12H2,1H3/t15-/m1/s1. The van der Waals surface area contributed by atoms with E-state index in [0.29, 0.717) is 19.1 Å². The van der Waals surface area contributed by atoms with Crippen molar-refractivity contribution in [3.05, 3.63) is 35.9 Å². The summed E-state index contributed by atoms with van der Waals surface area (Å²) in [6.45, 7) is 6.32. The van der Waals surface area contributed by atoms with Gasteiger partial charge in [-0.25, -0.2) is 0 Å². The second-order valence-corrected chi connectivity index (χ2v) is 5.04. The Labute approximate surface area is 114 Å². The summed E-state index contributed by atoms with van der Waals surface area (Å²) < 4.78 is 5.76. The van der Waals surface area contributed by atoms with Crippen molar-refractivity contribution in [3.63, 3.8) is 0 Å². The highest BCUT2D eigenvalue weighted by Crippen LogP contribution is 2.07. The largest absolute Gasteiger partial charge is 0.376 e. The van der Waals surface area contributed by atoms with Crippen LogP contribution in [0.25, 0.3) is 0 Å². The minimum atomic E-state index is 0.150. The van der Waals surface area contributed by atoms with Crippen molar-refractivity contribution in [2.45, 2.75) is 13.5 Å². The van der Waals surface area contributed by atoms with E-state index >= 15 is 0 Å². The van der Waals surface area contributed by atoms with Gasteiger partial charge in [-0.15, -0.1) is 0 Å². The second kappa shape index (κ2) is 7.26. The van der Waals surface area contributed by atoms with Crippen molar-refractivity contribution in [3.8, 4) is 0 Å². The van der Waals surface area contributed by atoms with E-state index in [9.17, 15) is 4.79 Å². The van der Waals surface area contributed by atoms with Crippen LogP contribution in [0.3, 0.4) is 0 Å². The molecule has 1 saturated heterocycles. The Morgan fingerprint density at radius 1 is 1.42 bits per heavy atom. The quantitative estimate of drug-likeness (QED) is 0.888. The van der Waals surface area contributed by atoms with E-state index in [1.165, 1.54) is 5.56 Å². The van der Waals surface area contributed by atoms with Gasteiger partial charge in [-0.1, -0.05) is 30.3 Å². The third-order valence-corrected chi connectivity index (χ3v) is 3.38. The first kappa shape index (κ1) is 14.0. The first-order valence-electron chi connectivity index (χ1n) is 6.83. The third-order valence-electron chi connectivity index (χ3n) is 3.38. The molecule has 4 nitrogen and oxygen atoms in total. The predicted molar refractivity (Wildman–Crippen MR) is 74.7 cm³/mol. The summed E-state index contributed by atoms with van der Waals surface area (Å²) in [5.41, 5.74) is 1.19. The molecule has 1 amide bonds. The molecule has 4 heteroatoms. The summed E-state index contributed by atoms with van der Waals surface area (Å²) in [4.78, 5) is 13.3. The molecule has 0 aromatic heterocycles. The third kappa shape index (κ3) is 4.65. The fraction of sp³-hybridized carbons (Fsp3) is 0.533. The van der Waals surface area contributed by atoms with Crippen LogP contribution in [0.2, 0.25) is 0 Å². The van der Waals surface area contributed by atoms with Crippen molar-refractivity contribution in [1.82, 2.24) is 10.2 Å². The summed E-state index contributed by atoms with van der Waals surface area (Å²) in [5, 5.41) is 3.36. The lowest BCUT2D eigenvalue weighted by Crippen LogP contribution is -2.35. The Morgan fingerprint density at radius 2 is 2.21 bits per heavy atom. The molecule has 1 aliphatic heterocycles. The van der Waals surface area contributed by atoms with Crippen LogP contribution in [0.5, 0.6) is 0 Å². The topological polar surface area (TPSA) is 41.6 Å². The molecule has 0 bridgehead atoms. The van der Waals surface area contributed by atoms with Crippen LogP contribution in [0.1, 0.15) is 12.5 Å². The SMILES string of the molecule is CC(=O)N1CCNC[C@@H](COCc2ccccc2)C1. The summed E-state index contributed by atoms with van der Waals surface area (Å²) in [6.07, 6.45) is 0. The van der Waals surface area contributed by atoms with Gasteiger partial charge in [0.15, 0.2) is 0 Å². The molecule has 1 aromatic carbocycles. The van der Waals surface area contributed by atoms with Crippen molar-refractivity contribution in [1.29, 1.82) is 0 Å². The normalized spacial score (nSPS) is 20.1. The number of ether oxygens (including phenoxy) is 1. The summed E-state index contributed by atoms with van der Waals surface area (Å²) in [5.74, 6) is 0.520. The number of hydrogen-bond acceptors (Lipinski definition) is 3. The molecule has 0 radical (unpaired) electrons. The zero-order valence-corrected chi connectivity index (χ0v) is 11.5. The van der Waals surface area contributed by atoms with Gasteiger partial charge in [0.25, 0.3) is 0 Å². The van der Waals surface area contributed by atoms with Crippen LogP contribution in [0.15, 0.2) is 30.3 Å². The highest BCUT2D eigenvalue weighted by atomic mass is 16.5. The number of nitrogens with zero attached hydrogens (tertiary/aromatic N) is 1. The van der Waals surface area contributed by atoms with Gasteiger partial charge >= 0.3 is 0 Å².